The number of anilines is 1. The molecule has 0 saturated carbocycles. The van der Waals surface area contributed by atoms with Crippen LogP contribution in [0.15, 0.2) is 58.2 Å². The Labute approximate surface area is 259 Å². The Balaban J connectivity index is 1.30. The van der Waals surface area contributed by atoms with Crippen LogP contribution in [0.2, 0.25) is 0 Å². The number of urea groups is 1. The molecule has 0 radical (unpaired) electrons. The number of carbonyl (C=O) groups is 3. The van der Waals surface area contributed by atoms with Gasteiger partial charge in [0.15, 0.2) is 22.5 Å². The second-order valence-electron chi connectivity index (χ2n) is 10.7. The van der Waals surface area contributed by atoms with Crippen molar-refractivity contribution < 1.29 is 37.4 Å². The number of nitrogens with one attached hydrogen (secondary N) is 1. The number of benzene rings is 2. The van der Waals surface area contributed by atoms with Crippen LogP contribution >= 0.6 is 11.3 Å². The highest BCUT2D eigenvalue weighted by Crippen LogP contribution is 2.36. The van der Waals surface area contributed by atoms with Crippen molar-refractivity contribution in [2.24, 2.45) is 4.99 Å². The van der Waals surface area contributed by atoms with Gasteiger partial charge in [-0.25, -0.2) is 32.5 Å². The van der Waals surface area contributed by atoms with Crippen LogP contribution in [0.3, 0.4) is 0 Å². The van der Waals surface area contributed by atoms with Gasteiger partial charge in [-0.15, -0.1) is 11.3 Å². The van der Waals surface area contributed by atoms with Gasteiger partial charge in [0, 0.05) is 50.0 Å². The van der Waals surface area contributed by atoms with Crippen LogP contribution in [-0.2, 0) is 9.53 Å². The number of carboxylic acids is 1. The van der Waals surface area contributed by atoms with Gasteiger partial charge in [-0.3, -0.25) is 14.8 Å². The number of nitrogens with zero attached hydrogens (tertiary/aromatic N) is 5. The average molecular weight is 641 g/mol. The number of thiazole rings is 1. The monoisotopic (exact) mass is 640 g/mol. The lowest BCUT2D eigenvalue weighted by Crippen LogP contribution is -2.53. The van der Waals surface area contributed by atoms with E-state index in [1.165, 1.54) is 48.5 Å². The molecule has 2 atom stereocenters. The summed E-state index contributed by atoms with van der Waals surface area (Å²) < 4.78 is 48.7. The first-order valence-electron chi connectivity index (χ1n) is 13.9. The zero-order valence-electron chi connectivity index (χ0n) is 24.1. The van der Waals surface area contributed by atoms with Crippen molar-refractivity contribution in [2.75, 3.05) is 44.7 Å². The van der Waals surface area contributed by atoms with Crippen LogP contribution in [0, 0.1) is 24.4 Å². The van der Waals surface area contributed by atoms with E-state index < -0.39 is 35.4 Å². The first kappa shape index (κ1) is 30.3. The number of methoxy groups -OCH3 is 1. The largest absolute Gasteiger partial charge is 0.478 e. The quantitative estimate of drug-likeness (QED) is 0.375. The number of aromatic nitrogens is 1. The third kappa shape index (κ3) is 5.53. The molecule has 11 nitrogen and oxygen atoms in total. The summed E-state index contributed by atoms with van der Waals surface area (Å²) in [6.45, 7) is 2.87. The van der Waals surface area contributed by atoms with Crippen molar-refractivity contribution in [1.82, 2.24) is 20.1 Å². The molecule has 15 heteroatoms. The summed E-state index contributed by atoms with van der Waals surface area (Å²) in [5, 5.41) is 14.7. The summed E-state index contributed by atoms with van der Waals surface area (Å²) in [4.78, 5) is 51.7. The molecule has 0 aliphatic carbocycles. The molecule has 2 N–H and O–H groups in total. The van der Waals surface area contributed by atoms with E-state index in [-0.39, 0.29) is 47.5 Å². The molecule has 2 amide bonds. The van der Waals surface area contributed by atoms with E-state index in [2.05, 4.69) is 10.3 Å². The van der Waals surface area contributed by atoms with Gasteiger partial charge in [-0.1, -0.05) is 6.07 Å². The van der Waals surface area contributed by atoms with Crippen molar-refractivity contribution in [1.29, 1.82) is 0 Å². The van der Waals surface area contributed by atoms with Crippen molar-refractivity contribution in [2.45, 2.75) is 19.0 Å². The second-order valence-corrected chi connectivity index (χ2v) is 11.6. The van der Waals surface area contributed by atoms with Crippen LogP contribution in [0.1, 0.15) is 32.5 Å². The van der Waals surface area contributed by atoms with Crippen molar-refractivity contribution in [3.63, 3.8) is 0 Å². The number of halogens is 3. The number of amidine groups is 1. The lowest BCUT2D eigenvalue weighted by atomic mass is 9.92. The minimum Gasteiger partial charge on any atom is -0.478 e. The van der Waals surface area contributed by atoms with E-state index in [9.17, 15) is 27.6 Å². The number of carbonyl (C=O) groups excluding carboxylic acids is 2. The minimum absolute atomic E-state index is 0.00619. The molecular weight excluding hydrogens is 613 g/mol. The standard InChI is InChI=1S/C30H27F3N6O5S/c1-15-18(4-5-19(31)24(15)33)25-23(29(42)44-2)21(35-26(36-25)27-34-7-10-45-27)14-37-8-9-38-17(12-37)13-39(30(38)43)22-6-3-16(28(40)41)11-20(22)32/h3-7,10-11,17,25H,8-9,12-14H2,1-2H3,(H,35,36)(H,40,41)/t17-,25-/m0/s1. The number of aliphatic imine (C=N–C) groups is 1. The SMILES string of the molecule is COC(=O)C1=C(CN2CCN3C(=O)N(c4ccc(C(=O)O)cc4F)C[C@@H]3C2)NC(c2nccs2)=N[C@H]1c1ccc(F)c(F)c1C. The van der Waals surface area contributed by atoms with Gasteiger partial charge in [-0.2, -0.15) is 0 Å². The molecule has 4 heterocycles. The predicted octanol–water partition coefficient (Wildman–Crippen LogP) is 3.71. The number of carboxylic acid groups (broad SMARTS) is 1. The van der Waals surface area contributed by atoms with Crippen LogP contribution in [0.5, 0.6) is 0 Å². The van der Waals surface area contributed by atoms with E-state index in [0.29, 0.717) is 41.7 Å². The highest BCUT2D eigenvalue weighted by Gasteiger charge is 2.43. The van der Waals surface area contributed by atoms with E-state index in [0.717, 1.165) is 12.1 Å². The van der Waals surface area contributed by atoms with Gasteiger partial charge in [0.25, 0.3) is 0 Å². The van der Waals surface area contributed by atoms with Gasteiger partial charge in [0.05, 0.1) is 30.0 Å². The fourth-order valence-electron chi connectivity index (χ4n) is 5.91. The topological polar surface area (TPSA) is 128 Å². The van der Waals surface area contributed by atoms with E-state index >= 15 is 0 Å². The molecule has 0 unspecified atom stereocenters. The van der Waals surface area contributed by atoms with E-state index in [1.54, 1.807) is 16.5 Å². The number of ether oxygens (including phenoxy) is 1. The third-order valence-electron chi connectivity index (χ3n) is 8.15. The van der Waals surface area contributed by atoms with Gasteiger partial charge in [-0.05, 0) is 42.3 Å². The first-order valence-corrected chi connectivity index (χ1v) is 14.8. The molecule has 0 bridgehead atoms. The number of amides is 2. The van der Waals surface area contributed by atoms with Crippen LogP contribution < -0.4 is 10.2 Å². The highest BCUT2D eigenvalue weighted by atomic mass is 32.1. The van der Waals surface area contributed by atoms with Crippen LogP contribution in [0.4, 0.5) is 23.7 Å². The molecule has 6 rings (SSSR count). The second kappa shape index (κ2) is 12.0. The Morgan fingerprint density at radius 3 is 2.62 bits per heavy atom. The normalized spacial score (nSPS) is 20.2. The van der Waals surface area contributed by atoms with Gasteiger partial charge in [0.2, 0.25) is 0 Å². The van der Waals surface area contributed by atoms with Crippen LogP contribution in [-0.4, -0.2) is 89.6 Å². The highest BCUT2D eigenvalue weighted by molar-refractivity contribution is 7.11. The van der Waals surface area contributed by atoms with E-state index in [4.69, 9.17) is 14.8 Å². The number of hydrogen-bond acceptors (Lipinski definition) is 9. The molecule has 2 aromatic carbocycles. The smallest absolute Gasteiger partial charge is 0.338 e. The fourth-order valence-corrected chi connectivity index (χ4v) is 6.49. The zero-order valence-corrected chi connectivity index (χ0v) is 24.9. The summed E-state index contributed by atoms with van der Waals surface area (Å²) in [5.41, 5.74) is 0.621. The Kier molecular flexibility index (Phi) is 8.05. The number of rotatable bonds is 7. The Morgan fingerprint density at radius 2 is 1.93 bits per heavy atom. The molecule has 3 aliphatic heterocycles. The Morgan fingerprint density at radius 1 is 1.13 bits per heavy atom. The molecule has 3 aliphatic rings. The van der Waals surface area contributed by atoms with Crippen molar-refractivity contribution >= 4 is 40.8 Å². The van der Waals surface area contributed by atoms with E-state index in [1.807, 2.05) is 4.90 Å². The fraction of sp³-hybridized carbons (Fsp3) is 0.300. The minimum atomic E-state index is -1.27. The number of aromatic carboxylic acids is 1. The summed E-state index contributed by atoms with van der Waals surface area (Å²) >= 11 is 1.31. The molecule has 234 valence electrons. The average Bonchev–Trinajstić information content (AvgIpc) is 3.68. The molecule has 45 heavy (non-hydrogen) atoms. The Bertz CT molecular complexity index is 1760. The summed E-state index contributed by atoms with van der Waals surface area (Å²) in [5.74, 6) is -4.50. The maximum Gasteiger partial charge on any atom is 0.338 e. The summed E-state index contributed by atoms with van der Waals surface area (Å²) in [6.07, 6.45) is 1.60. The van der Waals surface area contributed by atoms with Crippen molar-refractivity contribution in [3.05, 3.63) is 92.3 Å². The number of piperazine rings is 1. The molecule has 3 aromatic rings. The molecular formula is C30H27F3N6O5S. The number of hydrogen-bond donors (Lipinski definition) is 2. The van der Waals surface area contributed by atoms with Gasteiger partial charge >= 0.3 is 18.0 Å². The lowest BCUT2D eigenvalue weighted by Gasteiger charge is -2.38. The van der Waals surface area contributed by atoms with Gasteiger partial charge in [0.1, 0.15) is 11.9 Å². The molecule has 2 fully saturated rings. The van der Waals surface area contributed by atoms with Gasteiger partial charge < -0.3 is 20.1 Å². The lowest BCUT2D eigenvalue weighted by molar-refractivity contribution is -0.136. The molecule has 2 saturated heterocycles. The predicted molar refractivity (Wildman–Crippen MR) is 158 cm³/mol. The number of fused-ring (bicyclic) bond motifs is 1. The van der Waals surface area contributed by atoms with Crippen LogP contribution in [0.25, 0.3) is 0 Å². The Hall–Kier alpha value is -4.76. The zero-order chi connectivity index (χ0) is 32.0. The molecule has 0 spiro atoms. The maximum atomic E-state index is 14.9. The molecule has 1 aromatic heterocycles. The first-order chi connectivity index (χ1) is 21.6. The summed E-state index contributed by atoms with van der Waals surface area (Å²) in [6, 6.07) is 4.07. The third-order valence-corrected chi connectivity index (χ3v) is 8.93. The number of esters is 1. The maximum absolute atomic E-state index is 14.9. The summed E-state index contributed by atoms with van der Waals surface area (Å²) in [7, 11) is 1.22. The van der Waals surface area contributed by atoms with Crippen molar-refractivity contribution in [3.8, 4) is 0 Å².